The number of hydrogen-bond acceptors (Lipinski definition) is 7. The van der Waals surface area contributed by atoms with Gasteiger partial charge in [-0.1, -0.05) is 11.2 Å². The average molecular weight is 378 g/mol. The molecule has 4 rings (SSSR count). The number of nitrogens with zero attached hydrogens (tertiary/aromatic N) is 4. The Morgan fingerprint density at radius 3 is 2.92 bits per heavy atom. The monoisotopic (exact) mass is 378 g/mol. The molecule has 3 aromatic rings. The molecule has 1 aliphatic rings. The fraction of sp³-hybridized carbons (Fsp3) is 0.438. The van der Waals surface area contributed by atoms with Crippen LogP contribution in [0.4, 0.5) is 0 Å². The van der Waals surface area contributed by atoms with Gasteiger partial charge >= 0.3 is 0 Å². The number of aryl methyl sites for hydroxylation is 1. The highest BCUT2D eigenvalue weighted by Crippen LogP contribution is 2.26. The van der Waals surface area contributed by atoms with Gasteiger partial charge in [-0.2, -0.15) is 5.10 Å². The van der Waals surface area contributed by atoms with Crippen LogP contribution in [0.5, 0.6) is 0 Å². The first kappa shape index (κ1) is 16.5. The fourth-order valence-electron chi connectivity index (χ4n) is 3.09. The van der Waals surface area contributed by atoms with Gasteiger partial charge in [-0.25, -0.2) is 18.1 Å². The van der Waals surface area contributed by atoms with Crippen molar-refractivity contribution in [3.05, 3.63) is 51.6 Å². The van der Waals surface area contributed by atoms with Gasteiger partial charge in [-0.05, 0) is 24.8 Å². The van der Waals surface area contributed by atoms with Gasteiger partial charge in [0.25, 0.3) is 0 Å². The van der Waals surface area contributed by atoms with Crippen molar-refractivity contribution >= 4 is 21.2 Å². The second-order valence-corrected chi connectivity index (χ2v) is 9.57. The van der Waals surface area contributed by atoms with Crippen LogP contribution < -0.4 is 0 Å². The van der Waals surface area contributed by atoms with Gasteiger partial charge in [0, 0.05) is 17.4 Å². The molecule has 0 bridgehead atoms. The number of rotatable bonds is 5. The average Bonchev–Trinajstić information content (AvgIpc) is 3.30. The Bertz CT molecular complexity index is 973. The number of sulfone groups is 1. The van der Waals surface area contributed by atoms with E-state index in [9.17, 15) is 8.42 Å². The Balaban J connectivity index is 1.65. The Morgan fingerprint density at radius 1 is 1.40 bits per heavy atom. The Hall–Kier alpha value is -2.00. The third-order valence-electron chi connectivity index (χ3n) is 4.22. The molecule has 9 heteroatoms. The van der Waals surface area contributed by atoms with Crippen LogP contribution in [0, 0.1) is 6.92 Å². The highest BCUT2D eigenvalue weighted by Gasteiger charge is 2.32. The molecule has 4 heterocycles. The highest BCUT2D eigenvalue weighted by atomic mass is 32.2. The van der Waals surface area contributed by atoms with E-state index in [4.69, 9.17) is 4.52 Å². The van der Waals surface area contributed by atoms with Gasteiger partial charge in [0.05, 0.1) is 29.7 Å². The molecular formula is C16H18N4O3S2. The summed E-state index contributed by atoms with van der Waals surface area (Å²) < 4.78 is 30.8. The Labute approximate surface area is 149 Å². The quantitative estimate of drug-likeness (QED) is 0.676. The summed E-state index contributed by atoms with van der Waals surface area (Å²) in [6.07, 6.45) is 1.67. The smallest absolute Gasteiger partial charge is 0.156 e. The zero-order chi connectivity index (χ0) is 17.4. The summed E-state index contributed by atoms with van der Waals surface area (Å²) in [6.45, 7) is 1.86. The van der Waals surface area contributed by atoms with E-state index in [2.05, 4.69) is 15.2 Å². The van der Waals surface area contributed by atoms with Crippen LogP contribution in [-0.4, -0.2) is 39.8 Å². The molecule has 132 valence electrons. The van der Waals surface area contributed by atoms with Crippen molar-refractivity contribution < 1.29 is 12.9 Å². The molecule has 1 fully saturated rings. The molecule has 0 aromatic carbocycles. The molecule has 0 aliphatic carbocycles. The molecule has 1 atom stereocenters. The number of thiophene rings is 1. The standard InChI is InChI=1S/C16H18N4O3S2/c1-11-7-13(23-19-11)8-16-17-15(9-14-3-2-5-24-14)18-20(16)12-4-6-25(21,22)10-12/h2-3,5,7,12H,4,6,8-10H2,1H3/t12-/m0/s1. The summed E-state index contributed by atoms with van der Waals surface area (Å²) in [7, 11) is -2.99. The summed E-state index contributed by atoms with van der Waals surface area (Å²) in [5.41, 5.74) is 0.809. The first-order chi connectivity index (χ1) is 12.0. The van der Waals surface area contributed by atoms with Gasteiger partial charge in [0.15, 0.2) is 15.7 Å². The van der Waals surface area contributed by atoms with Gasteiger partial charge in [0.1, 0.15) is 11.6 Å². The normalized spacial score (nSPS) is 19.5. The first-order valence-electron chi connectivity index (χ1n) is 8.08. The molecule has 0 spiro atoms. The van der Waals surface area contributed by atoms with E-state index in [1.807, 2.05) is 30.5 Å². The van der Waals surface area contributed by atoms with E-state index in [0.29, 0.717) is 30.8 Å². The lowest BCUT2D eigenvalue weighted by molar-refractivity contribution is 0.379. The second kappa shape index (κ2) is 6.38. The van der Waals surface area contributed by atoms with Crippen LogP contribution in [0.15, 0.2) is 28.1 Å². The molecular weight excluding hydrogens is 360 g/mol. The first-order valence-corrected chi connectivity index (χ1v) is 10.8. The molecule has 0 amide bonds. The summed E-state index contributed by atoms with van der Waals surface area (Å²) in [6, 6.07) is 5.75. The largest absolute Gasteiger partial charge is 0.361 e. The van der Waals surface area contributed by atoms with Crippen LogP contribution in [0.25, 0.3) is 0 Å². The zero-order valence-electron chi connectivity index (χ0n) is 13.8. The van der Waals surface area contributed by atoms with Gasteiger partial charge in [0.2, 0.25) is 0 Å². The molecule has 1 aliphatic heterocycles. The third kappa shape index (κ3) is 3.67. The predicted octanol–water partition coefficient (Wildman–Crippen LogP) is 2.18. The van der Waals surface area contributed by atoms with Crippen LogP contribution in [0.2, 0.25) is 0 Å². The topological polar surface area (TPSA) is 90.9 Å². The van der Waals surface area contributed by atoms with Crippen molar-refractivity contribution in [2.75, 3.05) is 11.5 Å². The van der Waals surface area contributed by atoms with Gasteiger partial charge < -0.3 is 4.52 Å². The van der Waals surface area contributed by atoms with Crippen molar-refractivity contribution in [2.45, 2.75) is 32.2 Å². The fourth-order valence-corrected chi connectivity index (χ4v) is 5.48. The lowest BCUT2D eigenvalue weighted by Crippen LogP contribution is -2.16. The lowest BCUT2D eigenvalue weighted by Gasteiger charge is -2.10. The van der Waals surface area contributed by atoms with E-state index < -0.39 is 9.84 Å². The maximum Gasteiger partial charge on any atom is 0.156 e. The SMILES string of the molecule is Cc1cc(Cc2nc(Cc3cccs3)nn2[C@H]2CCS(=O)(=O)C2)on1. The highest BCUT2D eigenvalue weighted by molar-refractivity contribution is 7.91. The van der Waals surface area contributed by atoms with Crippen LogP contribution in [0.3, 0.4) is 0 Å². The minimum absolute atomic E-state index is 0.122. The van der Waals surface area contributed by atoms with E-state index in [-0.39, 0.29) is 17.5 Å². The Kier molecular flexibility index (Phi) is 4.20. The molecule has 7 nitrogen and oxygen atoms in total. The lowest BCUT2D eigenvalue weighted by atomic mass is 10.2. The van der Waals surface area contributed by atoms with Crippen LogP contribution in [-0.2, 0) is 22.7 Å². The van der Waals surface area contributed by atoms with E-state index in [1.165, 1.54) is 4.88 Å². The molecule has 3 aromatic heterocycles. The second-order valence-electron chi connectivity index (χ2n) is 6.31. The maximum absolute atomic E-state index is 11.9. The predicted molar refractivity (Wildman–Crippen MR) is 93.5 cm³/mol. The van der Waals surface area contributed by atoms with Gasteiger partial charge in [-0.3, -0.25) is 0 Å². The van der Waals surface area contributed by atoms with Crippen molar-refractivity contribution in [2.24, 2.45) is 0 Å². The van der Waals surface area contributed by atoms with Crippen molar-refractivity contribution in [1.29, 1.82) is 0 Å². The minimum atomic E-state index is -2.99. The summed E-state index contributed by atoms with van der Waals surface area (Å²) in [5.74, 6) is 2.47. The number of aromatic nitrogens is 4. The zero-order valence-corrected chi connectivity index (χ0v) is 15.4. The van der Waals surface area contributed by atoms with E-state index in [1.54, 1.807) is 16.0 Å². The van der Waals surface area contributed by atoms with Crippen LogP contribution in [0.1, 0.15) is 40.4 Å². The third-order valence-corrected chi connectivity index (χ3v) is 6.85. The van der Waals surface area contributed by atoms with Crippen molar-refractivity contribution in [3.63, 3.8) is 0 Å². The summed E-state index contributed by atoms with van der Waals surface area (Å²) >= 11 is 1.66. The summed E-state index contributed by atoms with van der Waals surface area (Å²) in [5, 5.41) is 10.5. The summed E-state index contributed by atoms with van der Waals surface area (Å²) in [4.78, 5) is 5.84. The molecule has 1 saturated heterocycles. The van der Waals surface area contributed by atoms with Crippen LogP contribution >= 0.6 is 11.3 Å². The van der Waals surface area contributed by atoms with Gasteiger partial charge in [-0.15, -0.1) is 11.3 Å². The van der Waals surface area contributed by atoms with Crippen molar-refractivity contribution in [3.8, 4) is 0 Å². The van der Waals surface area contributed by atoms with E-state index in [0.717, 1.165) is 11.5 Å². The van der Waals surface area contributed by atoms with Crippen molar-refractivity contribution in [1.82, 2.24) is 19.9 Å². The van der Waals surface area contributed by atoms with E-state index >= 15 is 0 Å². The molecule has 0 saturated carbocycles. The number of hydrogen-bond donors (Lipinski definition) is 0. The molecule has 0 radical (unpaired) electrons. The molecule has 0 N–H and O–H groups in total. The Morgan fingerprint density at radius 2 is 2.28 bits per heavy atom. The maximum atomic E-state index is 11.9. The molecule has 0 unspecified atom stereocenters. The minimum Gasteiger partial charge on any atom is -0.361 e. The molecule has 25 heavy (non-hydrogen) atoms.